The van der Waals surface area contributed by atoms with Gasteiger partial charge in [-0.1, -0.05) is 12.1 Å². The first-order valence-corrected chi connectivity index (χ1v) is 9.40. The zero-order chi connectivity index (χ0) is 18.6. The number of sulfonamides is 1. The summed E-state index contributed by atoms with van der Waals surface area (Å²) in [6.07, 6.45) is -0.664. The van der Waals surface area contributed by atoms with E-state index < -0.39 is 22.1 Å². The lowest BCUT2D eigenvalue weighted by Gasteiger charge is -2.35. The highest BCUT2D eigenvalue weighted by atomic mass is 32.2. The van der Waals surface area contributed by atoms with Gasteiger partial charge in [-0.2, -0.15) is 0 Å². The Hall–Kier alpha value is -1.97. The van der Waals surface area contributed by atoms with Crippen molar-refractivity contribution in [3.8, 4) is 0 Å². The van der Waals surface area contributed by atoms with Gasteiger partial charge in [0.15, 0.2) is 6.10 Å². The highest BCUT2D eigenvalue weighted by Crippen LogP contribution is 2.15. The molecule has 1 saturated heterocycles. The smallest absolute Gasteiger partial charge is 0.334 e. The number of nitrogens with zero attached hydrogens (tertiary/aromatic N) is 1. The summed E-state index contributed by atoms with van der Waals surface area (Å²) in [6, 6.07) is 6.31. The maximum Gasteiger partial charge on any atom is 0.334 e. The lowest BCUT2D eigenvalue weighted by atomic mass is 10.1. The highest BCUT2D eigenvalue weighted by Gasteiger charge is 2.32. The van der Waals surface area contributed by atoms with Crippen LogP contribution in [0, 0.1) is 0 Å². The molecule has 2 N–H and O–H groups in total. The number of rotatable bonds is 6. The summed E-state index contributed by atoms with van der Waals surface area (Å²) in [6.45, 7) is 2.14. The van der Waals surface area contributed by atoms with E-state index in [0.29, 0.717) is 13.0 Å². The average Bonchev–Trinajstić information content (AvgIpc) is 2.59. The first-order valence-electron chi connectivity index (χ1n) is 7.91. The van der Waals surface area contributed by atoms with Gasteiger partial charge >= 0.3 is 5.97 Å². The molecular weight excluding hydrogens is 348 g/mol. The predicted molar refractivity (Wildman–Crippen MR) is 89.6 cm³/mol. The average molecular weight is 370 g/mol. The van der Waals surface area contributed by atoms with Crippen LogP contribution in [0.3, 0.4) is 0 Å². The van der Waals surface area contributed by atoms with E-state index in [1.807, 2.05) is 0 Å². The van der Waals surface area contributed by atoms with Gasteiger partial charge in [0.25, 0.3) is 0 Å². The molecule has 2 rings (SSSR count). The minimum Gasteiger partial charge on any atom is -0.479 e. The zero-order valence-corrected chi connectivity index (χ0v) is 15.0. The Morgan fingerprint density at radius 3 is 2.48 bits per heavy atom. The number of aryl methyl sites for hydroxylation is 1. The van der Waals surface area contributed by atoms with Crippen LogP contribution < -0.4 is 4.72 Å². The zero-order valence-electron chi connectivity index (χ0n) is 14.1. The molecule has 0 saturated carbocycles. The molecule has 25 heavy (non-hydrogen) atoms. The van der Waals surface area contributed by atoms with Gasteiger partial charge in [-0.25, -0.2) is 17.9 Å². The molecule has 1 unspecified atom stereocenters. The predicted octanol–water partition coefficient (Wildman–Crippen LogP) is 0.228. The van der Waals surface area contributed by atoms with Crippen molar-refractivity contribution in [2.24, 2.45) is 0 Å². The monoisotopic (exact) mass is 370 g/mol. The summed E-state index contributed by atoms with van der Waals surface area (Å²) >= 11 is 0. The summed E-state index contributed by atoms with van der Waals surface area (Å²) in [5, 5.41) is 9.06. The first-order chi connectivity index (χ1) is 11.7. The van der Waals surface area contributed by atoms with Gasteiger partial charge in [0.05, 0.1) is 17.5 Å². The van der Waals surface area contributed by atoms with Crippen molar-refractivity contribution in [2.75, 3.05) is 20.1 Å². The number of amides is 1. The quantitative estimate of drug-likeness (QED) is 0.741. The van der Waals surface area contributed by atoms with E-state index >= 15 is 0 Å². The van der Waals surface area contributed by atoms with Crippen LogP contribution in [0.25, 0.3) is 0 Å². The number of carbonyl (C=O) groups excluding carboxylic acids is 1. The molecule has 1 amide bonds. The number of hydrogen-bond acceptors (Lipinski definition) is 5. The summed E-state index contributed by atoms with van der Waals surface area (Å²) in [5.41, 5.74) is 0.833. The number of hydrogen-bond donors (Lipinski definition) is 2. The molecule has 138 valence electrons. The Bertz CT molecular complexity index is 731. The molecule has 8 nitrogen and oxygen atoms in total. The first kappa shape index (κ1) is 19.4. The van der Waals surface area contributed by atoms with Crippen LogP contribution in [0.2, 0.25) is 0 Å². The number of benzene rings is 1. The van der Waals surface area contributed by atoms with E-state index in [4.69, 9.17) is 9.84 Å². The van der Waals surface area contributed by atoms with Gasteiger partial charge in [-0.3, -0.25) is 4.79 Å². The third-order valence-electron chi connectivity index (χ3n) is 4.02. The molecule has 1 aromatic rings. The molecule has 1 aromatic carbocycles. The molecule has 1 aliphatic rings. The van der Waals surface area contributed by atoms with E-state index in [1.54, 1.807) is 19.1 Å². The molecule has 1 fully saturated rings. The van der Waals surface area contributed by atoms with Crippen LogP contribution in [0.15, 0.2) is 29.2 Å². The number of morpholine rings is 1. The van der Waals surface area contributed by atoms with Crippen LogP contribution in [-0.4, -0.2) is 62.6 Å². The van der Waals surface area contributed by atoms with Crippen LogP contribution in [0.1, 0.15) is 18.9 Å². The number of ether oxygens (including phenoxy) is 1. The van der Waals surface area contributed by atoms with Crippen molar-refractivity contribution in [3.05, 3.63) is 29.8 Å². The normalized spacial score (nSPS) is 21.1. The van der Waals surface area contributed by atoms with Gasteiger partial charge in [0.1, 0.15) is 0 Å². The van der Waals surface area contributed by atoms with E-state index in [2.05, 4.69) is 4.72 Å². The second-order valence-corrected chi connectivity index (χ2v) is 7.81. The van der Waals surface area contributed by atoms with Crippen molar-refractivity contribution in [3.63, 3.8) is 0 Å². The lowest BCUT2D eigenvalue weighted by Crippen LogP contribution is -2.51. The Labute approximate surface area is 146 Å². The van der Waals surface area contributed by atoms with Crippen molar-refractivity contribution < 1.29 is 27.9 Å². The van der Waals surface area contributed by atoms with Crippen LogP contribution in [0.4, 0.5) is 0 Å². The summed E-state index contributed by atoms with van der Waals surface area (Å²) < 4.78 is 30.9. The number of aliphatic carboxylic acids is 1. The fraction of sp³-hybridized carbons (Fsp3) is 0.500. The molecule has 0 aromatic heterocycles. The number of carboxylic acids is 1. The molecule has 9 heteroatoms. The second kappa shape index (κ2) is 7.94. The summed E-state index contributed by atoms with van der Waals surface area (Å²) in [4.78, 5) is 25.1. The van der Waals surface area contributed by atoms with Gasteiger partial charge in [-0.15, -0.1) is 0 Å². The number of nitrogens with one attached hydrogen (secondary N) is 1. The van der Waals surface area contributed by atoms with E-state index in [0.717, 1.165) is 5.56 Å². The minimum absolute atomic E-state index is 0.0395. The Morgan fingerprint density at radius 2 is 1.92 bits per heavy atom. The fourth-order valence-corrected chi connectivity index (χ4v) is 3.38. The maximum atomic E-state index is 12.3. The fourth-order valence-electron chi connectivity index (χ4n) is 2.65. The van der Waals surface area contributed by atoms with Gasteiger partial charge in [0, 0.05) is 13.0 Å². The van der Waals surface area contributed by atoms with E-state index in [1.165, 1.54) is 24.1 Å². The van der Waals surface area contributed by atoms with Gasteiger partial charge in [-0.05, 0) is 38.1 Å². The van der Waals surface area contributed by atoms with Crippen LogP contribution >= 0.6 is 0 Å². The number of carbonyl (C=O) groups is 2. The standard InChI is InChI=1S/C16H22N2O6S/c1-11-9-18(10-14(24-11)16(20)21)15(19)8-5-12-3-6-13(7-4-12)25(22,23)17-2/h3-4,6-7,11,14,17H,5,8-10H2,1-2H3,(H,20,21)/t11-,14?/m1/s1. The summed E-state index contributed by atoms with van der Waals surface area (Å²) in [5.74, 6) is -1.22. The third kappa shape index (κ3) is 5.00. The molecule has 0 radical (unpaired) electrons. The minimum atomic E-state index is -3.48. The summed E-state index contributed by atoms with van der Waals surface area (Å²) in [7, 11) is -2.14. The molecule has 1 heterocycles. The van der Waals surface area contributed by atoms with E-state index in [-0.39, 0.29) is 29.9 Å². The lowest BCUT2D eigenvalue weighted by molar-refractivity contribution is -0.166. The van der Waals surface area contributed by atoms with Crippen molar-refractivity contribution >= 4 is 21.9 Å². The third-order valence-corrected chi connectivity index (χ3v) is 5.45. The van der Waals surface area contributed by atoms with Crippen molar-refractivity contribution in [1.29, 1.82) is 0 Å². The molecule has 1 aliphatic heterocycles. The second-order valence-electron chi connectivity index (χ2n) is 5.92. The molecule has 0 bridgehead atoms. The maximum absolute atomic E-state index is 12.3. The SMILES string of the molecule is CNS(=O)(=O)c1ccc(CCC(=O)N2CC(C(=O)O)O[C@H](C)C2)cc1. The van der Waals surface area contributed by atoms with Crippen LogP contribution in [-0.2, 0) is 30.8 Å². The highest BCUT2D eigenvalue weighted by molar-refractivity contribution is 7.89. The topological polar surface area (TPSA) is 113 Å². The van der Waals surface area contributed by atoms with Gasteiger partial charge < -0.3 is 14.7 Å². The number of carboxylic acid groups (broad SMARTS) is 1. The van der Waals surface area contributed by atoms with E-state index in [9.17, 15) is 18.0 Å². The van der Waals surface area contributed by atoms with Crippen molar-refractivity contribution in [2.45, 2.75) is 36.9 Å². The molecule has 2 atom stereocenters. The largest absolute Gasteiger partial charge is 0.479 e. The van der Waals surface area contributed by atoms with Crippen LogP contribution in [0.5, 0.6) is 0 Å². The van der Waals surface area contributed by atoms with Gasteiger partial charge in [0.2, 0.25) is 15.9 Å². The molecule has 0 aliphatic carbocycles. The Balaban J connectivity index is 1.94. The Kier molecular flexibility index (Phi) is 6.15. The molecular formula is C16H22N2O6S. The molecule has 0 spiro atoms. The Morgan fingerprint density at radius 1 is 1.28 bits per heavy atom. The van der Waals surface area contributed by atoms with Crippen molar-refractivity contribution in [1.82, 2.24) is 9.62 Å².